The van der Waals surface area contributed by atoms with Crippen molar-refractivity contribution in [3.63, 3.8) is 0 Å². The number of hydrogen-bond acceptors (Lipinski definition) is 4. The topological polar surface area (TPSA) is 55.1 Å². The Morgan fingerprint density at radius 3 is 2.89 bits per heavy atom. The van der Waals surface area contributed by atoms with Crippen LogP contribution >= 0.6 is 11.3 Å². The van der Waals surface area contributed by atoms with Gasteiger partial charge in [0, 0.05) is 11.4 Å². The van der Waals surface area contributed by atoms with Gasteiger partial charge in [-0.15, -0.1) is 11.3 Å². The molecule has 0 radical (unpaired) electrons. The summed E-state index contributed by atoms with van der Waals surface area (Å²) in [4.78, 5) is 18.2. The molecule has 4 nitrogen and oxygen atoms in total. The Hall–Kier alpha value is -1.62. The summed E-state index contributed by atoms with van der Waals surface area (Å²) in [6.07, 6.45) is 2.28. The van der Waals surface area contributed by atoms with Gasteiger partial charge in [0.15, 0.2) is 17.8 Å². The van der Waals surface area contributed by atoms with Gasteiger partial charge in [0.05, 0.1) is 4.88 Å². The fourth-order valence-corrected chi connectivity index (χ4v) is 2.55. The standard InChI is InChI=1S/C14H18N2O2S/c1-9(2)6-7-15-14(17)12-13(18-8-16-12)11-5-4-10(3)19-11/h4-5,8-9H,6-7H2,1-3H3,(H,15,17). The molecule has 0 atom stereocenters. The fraction of sp³-hybridized carbons (Fsp3) is 0.429. The molecule has 2 aromatic rings. The fourth-order valence-electron chi connectivity index (χ4n) is 1.70. The minimum atomic E-state index is -0.171. The second kappa shape index (κ2) is 6.02. The molecular weight excluding hydrogens is 260 g/mol. The molecule has 0 saturated heterocycles. The summed E-state index contributed by atoms with van der Waals surface area (Å²) >= 11 is 1.59. The van der Waals surface area contributed by atoms with E-state index in [1.54, 1.807) is 11.3 Å². The van der Waals surface area contributed by atoms with Crippen LogP contribution in [0.25, 0.3) is 10.6 Å². The monoisotopic (exact) mass is 278 g/mol. The molecule has 0 fully saturated rings. The Morgan fingerprint density at radius 1 is 1.47 bits per heavy atom. The van der Waals surface area contributed by atoms with Crippen LogP contribution in [-0.4, -0.2) is 17.4 Å². The minimum absolute atomic E-state index is 0.171. The average Bonchev–Trinajstić information content (AvgIpc) is 2.96. The van der Waals surface area contributed by atoms with Crippen LogP contribution in [0, 0.1) is 12.8 Å². The lowest BCUT2D eigenvalue weighted by atomic mass is 10.1. The molecule has 0 saturated carbocycles. The van der Waals surface area contributed by atoms with E-state index in [4.69, 9.17) is 4.42 Å². The predicted octanol–water partition coefficient (Wildman–Crippen LogP) is 3.49. The summed E-state index contributed by atoms with van der Waals surface area (Å²) in [7, 11) is 0. The number of nitrogens with one attached hydrogen (secondary N) is 1. The van der Waals surface area contributed by atoms with Crippen molar-refractivity contribution in [1.82, 2.24) is 10.3 Å². The lowest BCUT2D eigenvalue weighted by molar-refractivity contribution is 0.0948. The molecule has 0 aliphatic rings. The number of aromatic nitrogens is 1. The number of rotatable bonds is 5. The van der Waals surface area contributed by atoms with Crippen LogP contribution in [0.3, 0.4) is 0 Å². The molecule has 0 spiro atoms. The molecule has 102 valence electrons. The Balaban J connectivity index is 2.09. The highest BCUT2D eigenvalue weighted by Crippen LogP contribution is 2.29. The molecule has 2 aromatic heterocycles. The summed E-state index contributed by atoms with van der Waals surface area (Å²) in [5.74, 6) is 0.952. The predicted molar refractivity (Wildman–Crippen MR) is 76.3 cm³/mol. The van der Waals surface area contributed by atoms with E-state index >= 15 is 0 Å². The molecule has 0 bridgehead atoms. The SMILES string of the molecule is Cc1ccc(-c2ocnc2C(=O)NCCC(C)C)s1. The largest absolute Gasteiger partial charge is 0.442 e. The van der Waals surface area contributed by atoms with E-state index in [2.05, 4.69) is 24.1 Å². The van der Waals surface area contributed by atoms with Gasteiger partial charge in [0.1, 0.15) is 0 Å². The van der Waals surface area contributed by atoms with Crippen molar-refractivity contribution in [2.24, 2.45) is 5.92 Å². The summed E-state index contributed by atoms with van der Waals surface area (Å²) in [5.41, 5.74) is 0.366. The maximum absolute atomic E-state index is 12.1. The number of amides is 1. The number of carbonyl (C=O) groups is 1. The molecule has 2 heterocycles. The second-order valence-corrected chi connectivity index (χ2v) is 6.17. The van der Waals surface area contributed by atoms with Crippen molar-refractivity contribution < 1.29 is 9.21 Å². The van der Waals surface area contributed by atoms with Gasteiger partial charge in [-0.05, 0) is 31.4 Å². The first-order chi connectivity index (χ1) is 9.08. The Morgan fingerprint density at radius 2 is 2.26 bits per heavy atom. The quantitative estimate of drug-likeness (QED) is 0.911. The lowest BCUT2D eigenvalue weighted by Crippen LogP contribution is -2.26. The molecular formula is C14H18N2O2S. The molecule has 0 aliphatic heterocycles. The second-order valence-electron chi connectivity index (χ2n) is 4.88. The Labute approximate surface area is 116 Å². The van der Waals surface area contributed by atoms with Crippen molar-refractivity contribution >= 4 is 17.2 Å². The first kappa shape index (κ1) is 13.8. The van der Waals surface area contributed by atoms with E-state index in [9.17, 15) is 4.79 Å². The van der Waals surface area contributed by atoms with E-state index in [0.717, 1.165) is 11.3 Å². The molecule has 2 rings (SSSR count). The van der Waals surface area contributed by atoms with Gasteiger partial charge in [-0.25, -0.2) is 4.98 Å². The number of hydrogen-bond donors (Lipinski definition) is 1. The third-order valence-electron chi connectivity index (χ3n) is 2.75. The van der Waals surface area contributed by atoms with Crippen molar-refractivity contribution in [3.8, 4) is 10.6 Å². The lowest BCUT2D eigenvalue weighted by Gasteiger charge is -2.06. The van der Waals surface area contributed by atoms with E-state index in [0.29, 0.717) is 23.9 Å². The van der Waals surface area contributed by atoms with E-state index < -0.39 is 0 Å². The molecule has 0 aromatic carbocycles. The zero-order valence-electron chi connectivity index (χ0n) is 11.4. The average molecular weight is 278 g/mol. The molecule has 0 unspecified atom stereocenters. The van der Waals surface area contributed by atoms with Crippen LogP contribution in [0.15, 0.2) is 22.9 Å². The molecule has 5 heteroatoms. The zero-order valence-corrected chi connectivity index (χ0v) is 12.2. The number of aryl methyl sites for hydroxylation is 1. The van der Waals surface area contributed by atoms with Gasteiger partial charge in [-0.2, -0.15) is 0 Å². The maximum Gasteiger partial charge on any atom is 0.273 e. The molecule has 1 amide bonds. The summed E-state index contributed by atoms with van der Waals surface area (Å²) in [5, 5.41) is 2.88. The van der Waals surface area contributed by atoms with Gasteiger partial charge >= 0.3 is 0 Å². The molecule has 0 aliphatic carbocycles. The van der Waals surface area contributed by atoms with Gasteiger partial charge in [-0.1, -0.05) is 13.8 Å². The van der Waals surface area contributed by atoms with Crippen LogP contribution in [0.4, 0.5) is 0 Å². The van der Waals surface area contributed by atoms with Crippen LogP contribution in [0.1, 0.15) is 35.6 Å². The first-order valence-electron chi connectivity index (χ1n) is 6.36. The van der Waals surface area contributed by atoms with Crippen molar-refractivity contribution in [1.29, 1.82) is 0 Å². The number of carbonyl (C=O) groups excluding carboxylic acids is 1. The summed E-state index contributed by atoms with van der Waals surface area (Å²) < 4.78 is 5.35. The van der Waals surface area contributed by atoms with Crippen LogP contribution in [-0.2, 0) is 0 Å². The number of thiophene rings is 1. The van der Waals surface area contributed by atoms with E-state index in [1.165, 1.54) is 11.3 Å². The summed E-state index contributed by atoms with van der Waals surface area (Å²) in [6.45, 7) is 6.93. The van der Waals surface area contributed by atoms with Gasteiger partial charge in [0.2, 0.25) is 0 Å². The van der Waals surface area contributed by atoms with E-state index in [-0.39, 0.29) is 5.91 Å². The first-order valence-corrected chi connectivity index (χ1v) is 7.18. The molecule has 19 heavy (non-hydrogen) atoms. The van der Waals surface area contributed by atoms with Crippen LogP contribution < -0.4 is 5.32 Å². The Kier molecular flexibility index (Phi) is 4.37. The van der Waals surface area contributed by atoms with Gasteiger partial charge in [-0.3, -0.25) is 4.79 Å². The number of nitrogens with zero attached hydrogens (tertiary/aromatic N) is 1. The normalized spacial score (nSPS) is 10.9. The van der Waals surface area contributed by atoms with Crippen LogP contribution in [0.2, 0.25) is 0 Å². The Bertz CT molecular complexity index is 557. The third-order valence-corrected chi connectivity index (χ3v) is 3.75. The van der Waals surface area contributed by atoms with Gasteiger partial charge < -0.3 is 9.73 Å². The van der Waals surface area contributed by atoms with Crippen molar-refractivity contribution in [2.45, 2.75) is 27.2 Å². The number of oxazole rings is 1. The smallest absolute Gasteiger partial charge is 0.273 e. The summed E-state index contributed by atoms with van der Waals surface area (Å²) in [6, 6.07) is 3.95. The van der Waals surface area contributed by atoms with E-state index in [1.807, 2.05) is 19.1 Å². The zero-order chi connectivity index (χ0) is 13.8. The minimum Gasteiger partial charge on any atom is -0.442 e. The highest BCUT2D eigenvalue weighted by molar-refractivity contribution is 7.15. The van der Waals surface area contributed by atoms with Crippen molar-refractivity contribution in [3.05, 3.63) is 29.1 Å². The van der Waals surface area contributed by atoms with Gasteiger partial charge in [0.25, 0.3) is 5.91 Å². The third kappa shape index (κ3) is 3.44. The highest BCUT2D eigenvalue weighted by Gasteiger charge is 2.18. The maximum atomic E-state index is 12.1. The highest BCUT2D eigenvalue weighted by atomic mass is 32.1. The van der Waals surface area contributed by atoms with Crippen molar-refractivity contribution in [2.75, 3.05) is 6.54 Å². The molecule has 1 N–H and O–H groups in total. The van der Waals surface area contributed by atoms with Crippen LogP contribution in [0.5, 0.6) is 0 Å².